The molecule has 183 valence electrons. The number of likely N-dealkylation sites (tertiary alicyclic amines) is 1. The molecule has 2 aromatic rings. The first kappa shape index (κ1) is 24.9. The van der Waals surface area contributed by atoms with Crippen LogP contribution in [0.2, 0.25) is 0 Å². The van der Waals surface area contributed by atoms with Crippen molar-refractivity contribution >= 4 is 5.91 Å². The minimum atomic E-state index is -1.26. The number of hydrogen-bond donors (Lipinski definition) is 2. The number of aliphatic hydroxyl groups is 1. The molecule has 5 heteroatoms. The molecule has 4 rings (SSSR count). The predicted octanol–water partition coefficient (Wildman–Crippen LogP) is 5.10. The van der Waals surface area contributed by atoms with Gasteiger partial charge in [0.1, 0.15) is 5.82 Å². The lowest BCUT2D eigenvalue weighted by Gasteiger charge is -2.44. The summed E-state index contributed by atoms with van der Waals surface area (Å²) in [5, 5.41) is 15.6. The molecule has 1 amide bonds. The van der Waals surface area contributed by atoms with E-state index in [4.69, 9.17) is 0 Å². The van der Waals surface area contributed by atoms with Gasteiger partial charge in [-0.25, -0.2) is 4.39 Å². The van der Waals surface area contributed by atoms with Gasteiger partial charge in [0.2, 0.25) is 5.91 Å². The van der Waals surface area contributed by atoms with Crippen LogP contribution < -0.4 is 5.32 Å². The lowest BCUT2D eigenvalue weighted by atomic mass is 9.72. The van der Waals surface area contributed by atoms with E-state index in [1.165, 1.54) is 6.07 Å². The first-order valence-electron chi connectivity index (χ1n) is 12.9. The van der Waals surface area contributed by atoms with Crippen LogP contribution in [0.15, 0.2) is 42.5 Å². The van der Waals surface area contributed by atoms with Gasteiger partial charge in [-0.05, 0) is 74.4 Å². The Bertz CT molecular complexity index is 988. The van der Waals surface area contributed by atoms with Crippen LogP contribution in [0.5, 0.6) is 0 Å². The molecule has 0 bridgehead atoms. The third-order valence-electron chi connectivity index (χ3n) is 7.76. The van der Waals surface area contributed by atoms with Gasteiger partial charge in [0.25, 0.3) is 0 Å². The van der Waals surface area contributed by atoms with Crippen molar-refractivity contribution in [1.29, 1.82) is 0 Å². The minimum Gasteiger partial charge on any atom is -0.385 e. The molecule has 2 aliphatic rings. The zero-order valence-electron chi connectivity index (χ0n) is 20.4. The Morgan fingerprint density at radius 1 is 1.21 bits per heavy atom. The van der Waals surface area contributed by atoms with Crippen molar-refractivity contribution in [3.63, 3.8) is 0 Å². The second kappa shape index (κ2) is 11.0. The molecule has 0 aliphatic carbocycles. The third kappa shape index (κ3) is 5.06. The first-order chi connectivity index (χ1) is 16.5. The molecule has 2 aromatic carbocycles. The van der Waals surface area contributed by atoms with Gasteiger partial charge >= 0.3 is 0 Å². The van der Waals surface area contributed by atoms with Gasteiger partial charge in [-0.15, -0.1) is 0 Å². The van der Waals surface area contributed by atoms with Crippen LogP contribution in [0.4, 0.5) is 4.39 Å². The number of benzene rings is 2. The molecular weight excluding hydrogens is 427 g/mol. The van der Waals surface area contributed by atoms with Gasteiger partial charge in [-0.3, -0.25) is 4.79 Å². The number of aryl methyl sites for hydroxylation is 1. The van der Waals surface area contributed by atoms with Crippen LogP contribution in [-0.4, -0.2) is 42.1 Å². The first-order valence-corrected chi connectivity index (χ1v) is 12.9. The third-order valence-corrected chi connectivity index (χ3v) is 7.76. The Kier molecular flexibility index (Phi) is 8.05. The molecule has 0 aromatic heterocycles. The number of rotatable bonds is 7. The zero-order valence-corrected chi connectivity index (χ0v) is 20.4. The zero-order chi connectivity index (χ0) is 24.1. The summed E-state index contributed by atoms with van der Waals surface area (Å²) in [5.74, 6) is -0.226. The van der Waals surface area contributed by atoms with Gasteiger partial charge in [0.05, 0.1) is 5.60 Å². The molecule has 2 saturated heterocycles. The van der Waals surface area contributed by atoms with Gasteiger partial charge in [0.15, 0.2) is 0 Å². The molecule has 0 saturated carbocycles. The monoisotopic (exact) mass is 465 g/mol. The number of carbonyl (C=O) groups excluding carboxylic acids is 1. The van der Waals surface area contributed by atoms with Crippen molar-refractivity contribution in [2.45, 2.75) is 57.5 Å². The number of carbonyl (C=O) groups is 1. The van der Waals surface area contributed by atoms with Gasteiger partial charge in [-0.1, -0.05) is 56.7 Å². The fourth-order valence-electron chi connectivity index (χ4n) is 5.85. The van der Waals surface area contributed by atoms with E-state index in [1.807, 2.05) is 35.2 Å². The fourth-order valence-corrected chi connectivity index (χ4v) is 5.85. The molecule has 2 atom stereocenters. The van der Waals surface area contributed by atoms with Gasteiger partial charge in [-0.2, -0.15) is 0 Å². The van der Waals surface area contributed by atoms with E-state index >= 15 is 4.39 Å². The van der Waals surface area contributed by atoms with Crippen molar-refractivity contribution in [2.24, 2.45) is 11.8 Å². The Morgan fingerprint density at radius 2 is 1.97 bits per heavy atom. The predicted molar refractivity (Wildman–Crippen MR) is 135 cm³/mol. The highest BCUT2D eigenvalue weighted by atomic mass is 19.1. The number of amides is 1. The average molecular weight is 466 g/mol. The maximum atomic E-state index is 15.4. The second-order valence-corrected chi connectivity index (χ2v) is 9.89. The lowest BCUT2D eigenvalue weighted by molar-refractivity contribution is -0.141. The Labute approximate surface area is 203 Å². The second-order valence-electron chi connectivity index (χ2n) is 9.89. The lowest BCUT2D eigenvalue weighted by Crippen LogP contribution is -2.50. The van der Waals surface area contributed by atoms with Crippen molar-refractivity contribution in [1.82, 2.24) is 10.2 Å². The molecule has 2 N–H and O–H groups in total. The summed E-state index contributed by atoms with van der Waals surface area (Å²) in [4.78, 5) is 15.2. The van der Waals surface area contributed by atoms with Crippen LogP contribution >= 0.6 is 0 Å². The highest BCUT2D eigenvalue weighted by molar-refractivity contribution is 5.79. The Hall–Kier alpha value is -2.24. The highest BCUT2D eigenvalue weighted by Gasteiger charge is 2.43. The highest BCUT2D eigenvalue weighted by Crippen LogP contribution is 2.44. The SMILES string of the molecule is [CH2]CCC(O)(c1cccc(F)c1-c1cccc(CC)c1)C1CCCN(C(=O)C2CCNCC2)C1. The molecule has 2 unspecified atom stereocenters. The Balaban J connectivity index is 1.69. The van der Waals surface area contributed by atoms with E-state index in [0.717, 1.165) is 62.9 Å². The standard InChI is InChI=1S/C29H38FN2O2/c1-3-15-29(34,24-10-7-18-32(20-24)28(33)22-13-16-31-17-14-22)25-11-6-12-26(30)27(25)23-9-5-8-21(4-2)19-23/h5-6,8-9,11-12,19,22,24,31,34H,1,3-4,7,10,13-18,20H2,2H3. The largest absolute Gasteiger partial charge is 0.385 e. The summed E-state index contributed by atoms with van der Waals surface area (Å²) in [6.45, 7) is 9.10. The fraction of sp³-hybridized carbons (Fsp3) is 0.517. The van der Waals surface area contributed by atoms with Crippen molar-refractivity contribution in [3.05, 3.63) is 66.3 Å². The van der Waals surface area contributed by atoms with E-state index < -0.39 is 5.60 Å². The summed E-state index contributed by atoms with van der Waals surface area (Å²) >= 11 is 0. The summed E-state index contributed by atoms with van der Waals surface area (Å²) in [5.41, 5.74) is 1.74. The van der Waals surface area contributed by atoms with Crippen LogP contribution in [0.25, 0.3) is 11.1 Å². The van der Waals surface area contributed by atoms with E-state index in [-0.39, 0.29) is 23.6 Å². The van der Waals surface area contributed by atoms with Crippen molar-refractivity contribution < 1.29 is 14.3 Å². The van der Waals surface area contributed by atoms with E-state index in [0.29, 0.717) is 30.5 Å². The smallest absolute Gasteiger partial charge is 0.225 e. The molecule has 2 aliphatic heterocycles. The van der Waals surface area contributed by atoms with Crippen LogP contribution in [0.1, 0.15) is 56.6 Å². The summed E-state index contributed by atoms with van der Waals surface area (Å²) < 4.78 is 15.4. The number of hydrogen-bond acceptors (Lipinski definition) is 3. The van der Waals surface area contributed by atoms with Crippen LogP contribution in [0.3, 0.4) is 0 Å². The molecular formula is C29H38FN2O2. The van der Waals surface area contributed by atoms with E-state index in [2.05, 4.69) is 19.2 Å². The maximum Gasteiger partial charge on any atom is 0.225 e. The molecule has 4 nitrogen and oxygen atoms in total. The van der Waals surface area contributed by atoms with Gasteiger partial charge in [0, 0.05) is 30.5 Å². The van der Waals surface area contributed by atoms with Crippen LogP contribution in [0, 0.1) is 24.6 Å². The van der Waals surface area contributed by atoms with Crippen molar-refractivity contribution in [2.75, 3.05) is 26.2 Å². The number of nitrogens with one attached hydrogen (secondary N) is 1. The topological polar surface area (TPSA) is 52.6 Å². The summed E-state index contributed by atoms with van der Waals surface area (Å²) in [6.07, 6.45) is 5.19. The normalized spacial score (nSPS) is 21.3. The quantitative estimate of drug-likeness (QED) is 0.599. The molecule has 1 radical (unpaired) electrons. The summed E-state index contributed by atoms with van der Waals surface area (Å²) in [6, 6.07) is 12.9. The maximum absolute atomic E-state index is 15.4. The minimum absolute atomic E-state index is 0.0578. The number of piperidine rings is 2. The summed E-state index contributed by atoms with van der Waals surface area (Å²) in [7, 11) is 0. The van der Waals surface area contributed by atoms with E-state index in [9.17, 15) is 9.90 Å². The number of nitrogens with zero attached hydrogens (tertiary/aromatic N) is 1. The van der Waals surface area contributed by atoms with Gasteiger partial charge < -0.3 is 15.3 Å². The van der Waals surface area contributed by atoms with Crippen molar-refractivity contribution in [3.8, 4) is 11.1 Å². The average Bonchev–Trinajstić information content (AvgIpc) is 2.88. The number of halogens is 1. The molecule has 2 fully saturated rings. The molecule has 0 spiro atoms. The molecule has 2 heterocycles. The Morgan fingerprint density at radius 3 is 2.71 bits per heavy atom. The molecule has 34 heavy (non-hydrogen) atoms. The van der Waals surface area contributed by atoms with E-state index in [1.54, 1.807) is 6.07 Å². The van der Waals surface area contributed by atoms with Crippen LogP contribution in [-0.2, 0) is 16.8 Å².